The fraction of sp³-hybridized carbons (Fsp3) is 0.550. The molecule has 0 spiro atoms. The molecule has 2 fully saturated rings. The van der Waals surface area contributed by atoms with Gasteiger partial charge in [0.2, 0.25) is 11.1 Å². The van der Waals surface area contributed by atoms with Gasteiger partial charge in [-0.1, -0.05) is 49.6 Å². The molecule has 2 N–H and O–H groups in total. The molecule has 7 heteroatoms. The molecule has 1 unspecified atom stereocenters. The second-order valence-corrected chi connectivity index (χ2v) is 8.66. The third kappa shape index (κ3) is 5.09. The summed E-state index contributed by atoms with van der Waals surface area (Å²) in [6.07, 6.45) is 9.43. The van der Waals surface area contributed by atoms with E-state index in [2.05, 4.69) is 20.5 Å². The van der Waals surface area contributed by atoms with Crippen LogP contribution in [0.15, 0.2) is 29.4 Å². The Hall–Kier alpha value is -1.89. The number of hydrogen-bond acceptors (Lipinski definition) is 4. The molecule has 0 saturated heterocycles. The highest BCUT2D eigenvalue weighted by atomic mass is 32.2. The SMILES string of the molecule is O=C(NC1CC1)C(Sc1n[nH]c(CCC2CCCC2)n1)c1ccc(F)cc1. The van der Waals surface area contributed by atoms with Crippen LogP contribution in [0.25, 0.3) is 0 Å². The Morgan fingerprint density at radius 3 is 2.67 bits per heavy atom. The number of carbonyl (C=O) groups excluding carboxylic acids is 1. The predicted octanol–water partition coefficient (Wildman–Crippen LogP) is 4.18. The van der Waals surface area contributed by atoms with Crippen molar-refractivity contribution in [3.63, 3.8) is 0 Å². The van der Waals surface area contributed by atoms with E-state index >= 15 is 0 Å². The van der Waals surface area contributed by atoms with Crippen LogP contribution in [-0.2, 0) is 11.2 Å². The molecule has 2 aliphatic rings. The normalized spacial score (nSPS) is 18.6. The van der Waals surface area contributed by atoms with Gasteiger partial charge in [0.15, 0.2) is 0 Å². The average Bonchev–Trinajstić information content (AvgIpc) is 3.14. The van der Waals surface area contributed by atoms with Crippen molar-refractivity contribution in [2.45, 2.75) is 67.8 Å². The summed E-state index contributed by atoms with van der Waals surface area (Å²) >= 11 is 1.32. The number of aryl methyl sites for hydroxylation is 1. The molecule has 1 amide bonds. The molecule has 0 bridgehead atoms. The summed E-state index contributed by atoms with van der Waals surface area (Å²) in [6, 6.07) is 6.37. The molecule has 1 aromatic carbocycles. The van der Waals surface area contributed by atoms with E-state index in [1.54, 1.807) is 12.1 Å². The van der Waals surface area contributed by atoms with E-state index in [1.165, 1.54) is 49.6 Å². The molecule has 5 nitrogen and oxygen atoms in total. The van der Waals surface area contributed by atoms with E-state index in [0.717, 1.165) is 43.0 Å². The molecule has 144 valence electrons. The predicted molar refractivity (Wildman–Crippen MR) is 103 cm³/mol. The van der Waals surface area contributed by atoms with Crippen molar-refractivity contribution in [1.82, 2.24) is 20.5 Å². The Kier molecular flexibility index (Phi) is 5.76. The summed E-state index contributed by atoms with van der Waals surface area (Å²) in [6.45, 7) is 0. The Labute approximate surface area is 162 Å². The maximum atomic E-state index is 13.3. The lowest BCUT2D eigenvalue weighted by Gasteiger charge is -2.15. The minimum atomic E-state index is -0.482. The molecule has 0 radical (unpaired) electrons. The fourth-order valence-corrected chi connectivity index (χ4v) is 4.54. The number of H-pyrrole nitrogens is 1. The van der Waals surface area contributed by atoms with Crippen LogP contribution in [-0.4, -0.2) is 27.1 Å². The third-order valence-electron chi connectivity index (χ3n) is 5.33. The second kappa shape index (κ2) is 8.42. The number of carbonyl (C=O) groups is 1. The zero-order valence-electron chi connectivity index (χ0n) is 15.3. The van der Waals surface area contributed by atoms with Crippen LogP contribution < -0.4 is 5.32 Å². The monoisotopic (exact) mass is 388 g/mol. The summed E-state index contributed by atoms with van der Waals surface area (Å²) in [4.78, 5) is 17.3. The van der Waals surface area contributed by atoms with Crippen LogP contribution in [0, 0.1) is 11.7 Å². The van der Waals surface area contributed by atoms with Gasteiger partial charge >= 0.3 is 0 Å². The molecular formula is C20H25FN4OS. The van der Waals surface area contributed by atoms with Gasteiger partial charge in [-0.05, 0) is 42.9 Å². The standard InChI is InChI=1S/C20H25FN4OS/c21-15-8-6-14(7-9-15)18(19(26)22-16-10-11-16)27-20-23-17(24-25-20)12-5-13-3-1-2-4-13/h6-9,13,16,18H,1-5,10-12H2,(H,22,26)(H,23,24,25). The van der Waals surface area contributed by atoms with Crippen LogP contribution >= 0.6 is 11.8 Å². The van der Waals surface area contributed by atoms with E-state index in [-0.39, 0.29) is 17.8 Å². The van der Waals surface area contributed by atoms with Crippen molar-refractivity contribution < 1.29 is 9.18 Å². The van der Waals surface area contributed by atoms with Gasteiger partial charge in [0.1, 0.15) is 16.9 Å². The van der Waals surface area contributed by atoms with Gasteiger partial charge in [0.05, 0.1) is 0 Å². The highest BCUT2D eigenvalue weighted by molar-refractivity contribution is 8.00. The molecule has 1 aromatic heterocycles. The van der Waals surface area contributed by atoms with E-state index in [1.807, 2.05) is 0 Å². The van der Waals surface area contributed by atoms with Crippen LogP contribution in [0.5, 0.6) is 0 Å². The number of benzene rings is 1. The summed E-state index contributed by atoms with van der Waals surface area (Å²) in [5, 5.41) is 10.4. The summed E-state index contributed by atoms with van der Waals surface area (Å²) < 4.78 is 13.3. The Bertz CT molecular complexity index is 769. The van der Waals surface area contributed by atoms with Gasteiger partial charge in [-0.3, -0.25) is 9.89 Å². The number of aromatic nitrogens is 3. The number of nitrogens with one attached hydrogen (secondary N) is 2. The quantitative estimate of drug-likeness (QED) is 0.666. The molecule has 0 aliphatic heterocycles. The smallest absolute Gasteiger partial charge is 0.238 e. The number of hydrogen-bond donors (Lipinski definition) is 2. The maximum absolute atomic E-state index is 13.3. The minimum absolute atomic E-state index is 0.0635. The van der Waals surface area contributed by atoms with E-state index in [0.29, 0.717) is 5.16 Å². The maximum Gasteiger partial charge on any atom is 0.238 e. The highest BCUT2D eigenvalue weighted by Gasteiger charge is 2.30. The zero-order valence-corrected chi connectivity index (χ0v) is 16.1. The first-order chi connectivity index (χ1) is 13.2. The summed E-state index contributed by atoms with van der Waals surface area (Å²) in [5.41, 5.74) is 0.761. The van der Waals surface area contributed by atoms with Gasteiger partial charge in [0.25, 0.3) is 0 Å². The lowest BCUT2D eigenvalue weighted by atomic mass is 10.0. The van der Waals surface area contributed by atoms with E-state index < -0.39 is 5.25 Å². The molecule has 1 atom stereocenters. The fourth-order valence-electron chi connectivity index (χ4n) is 3.60. The van der Waals surface area contributed by atoms with Gasteiger partial charge < -0.3 is 5.32 Å². The third-order valence-corrected chi connectivity index (χ3v) is 6.45. The van der Waals surface area contributed by atoms with E-state index in [9.17, 15) is 9.18 Å². The number of amides is 1. The minimum Gasteiger partial charge on any atom is -0.352 e. The molecular weight excluding hydrogens is 363 g/mol. The lowest BCUT2D eigenvalue weighted by Crippen LogP contribution is -2.29. The van der Waals surface area contributed by atoms with E-state index in [4.69, 9.17) is 0 Å². The van der Waals surface area contributed by atoms with Crippen molar-refractivity contribution in [3.8, 4) is 0 Å². The Balaban J connectivity index is 1.42. The molecule has 2 aliphatic carbocycles. The van der Waals surface area contributed by atoms with Crippen LogP contribution in [0.3, 0.4) is 0 Å². The Morgan fingerprint density at radius 2 is 1.96 bits per heavy atom. The molecule has 27 heavy (non-hydrogen) atoms. The van der Waals surface area contributed by atoms with Crippen LogP contribution in [0.1, 0.15) is 61.6 Å². The number of halogens is 1. The summed E-state index contributed by atoms with van der Waals surface area (Å²) in [7, 11) is 0. The number of aromatic amines is 1. The second-order valence-electron chi connectivity index (χ2n) is 7.59. The van der Waals surface area contributed by atoms with Crippen molar-refractivity contribution in [2.24, 2.45) is 5.92 Å². The first kappa shape index (κ1) is 18.5. The molecule has 2 saturated carbocycles. The topological polar surface area (TPSA) is 70.7 Å². The van der Waals surface area contributed by atoms with Crippen LogP contribution in [0.4, 0.5) is 4.39 Å². The molecule has 2 aromatic rings. The zero-order chi connectivity index (χ0) is 18.6. The lowest BCUT2D eigenvalue weighted by molar-refractivity contribution is -0.120. The van der Waals surface area contributed by atoms with Crippen molar-refractivity contribution >= 4 is 17.7 Å². The number of thioether (sulfide) groups is 1. The molecule has 1 heterocycles. The first-order valence-corrected chi connectivity index (χ1v) is 10.7. The Morgan fingerprint density at radius 1 is 1.22 bits per heavy atom. The summed E-state index contributed by atoms with van der Waals surface area (Å²) in [5.74, 6) is 1.32. The van der Waals surface area contributed by atoms with Gasteiger partial charge in [0, 0.05) is 12.5 Å². The average molecular weight is 389 g/mol. The van der Waals surface area contributed by atoms with Gasteiger partial charge in [-0.2, -0.15) is 0 Å². The highest BCUT2D eigenvalue weighted by Crippen LogP contribution is 2.35. The van der Waals surface area contributed by atoms with Gasteiger partial charge in [-0.15, -0.1) is 5.10 Å². The molecule has 4 rings (SSSR count). The van der Waals surface area contributed by atoms with Crippen LogP contribution in [0.2, 0.25) is 0 Å². The number of nitrogens with zero attached hydrogens (tertiary/aromatic N) is 2. The van der Waals surface area contributed by atoms with Crippen molar-refractivity contribution in [2.75, 3.05) is 0 Å². The van der Waals surface area contributed by atoms with Gasteiger partial charge in [-0.25, -0.2) is 9.37 Å². The van der Waals surface area contributed by atoms with Crippen molar-refractivity contribution in [3.05, 3.63) is 41.5 Å². The largest absolute Gasteiger partial charge is 0.352 e. The first-order valence-electron chi connectivity index (χ1n) is 9.81. The van der Waals surface area contributed by atoms with Crippen molar-refractivity contribution in [1.29, 1.82) is 0 Å². The number of rotatable bonds is 8.